The zero-order valence-corrected chi connectivity index (χ0v) is 15.9. The Kier molecular flexibility index (Phi) is 7.64. The molecular formula is C20H28N2O5. The van der Waals surface area contributed by atoms with Crippen LogP contribution in [0.4, 0.5) is 0 Å². The fraction of sp³-hybridized carbons (Fsp3) is 0.550. The van der Waals surface area contributed by atoms with Crippen LogP contribution in [0.2, 0.25) is 0 Å². The quantitative estimate of drug-likeness (QED) is 0.723. The van der Waals surface area contributed by atoms with E-state index in [-0.39, 0.29) is 30.9 Å². The Balaban J connectivity index is 1.87. The van der Waals surface area contributed by atoms with Crippen LogP contribution in [0.25, 0.3) is 0 Å². The van der Waals surface area contributed by atoms with E-state index in [1.54, 1.807) is 17.0 Å². The van der Waals surface area contributed by atoms with Gasteiger partial charge in [0.05, 0.1) is 5.92 Å². The van der Waals surface area contributed by atoms with E-state index in [1.165, 1.54) is 0 Å². The minimum atomic E-state index is -1.03. The Hall–Kier alpha value is -2.57. The van der Waals surface area contributed by atoms with Gasteiger partial charge in [-0.15, -0.1) is 0 Å². The molecule has 0 aliphatic carbocycles. The first-order valence-electron chi connectivity index (χ1n) is 9.35. The Morgan fingerprint density at radius 3 is 2.59 bits per heavy atom. The number of carboxylic acid groups (broad SMARTS) is 1. The first-order chi connectivity index (χ1) is 12.9. The van der Waals surface area contributed by atoms with Crippen molar-refractivity contribution in [2.45, 2.75) is 39.2 Å². The first kappa shape index (κ1) is 20.7. The van der Waals surface area contributed by atoms with Crippen molar-refractivity contribution in [3.63, 3.8) is 0 Å². The second-order valence-corrected chi connectivity index (χ2v) is 7.31. The van der Waals surface area contributed by atoms with Crippen molar-refractivity contribution in [2.24, 2.45) is 11.8 Å². The maximum Gasteiger partial charge on any atom is 0.326 e. The lowest BCUT2D eigenvalue weighted by molar-refractivity contribution is -0.144. The van der Waals surface area contributed by atoms with E-state index in [1.807, 2.05) is 32.0 Å². The van der Waals surface area contributed by atoms with Gasteiger partial charge < -0.3 is 20.1 Å². The van der Waals surface area contributed by atoms with E-state index in [9.17, 15) is 19.5 Å². The Morgan fingerprint density at radius 2 is 1.96 bits per heavy atom. The molecule has 1 unspecified atom stereocenters. The summed E-state index contributed by atoms with van der Waals surface area (Å²) in [6, 6.07) is 8.19. The van der Waals surface area contributed by atoms with Crippen molar-refractivity contribution in [3.05, 3.63) is 30.3 Å². The largest absolute Gasteiger partial charge is 0.484 e. The minimum Gasteiger partial charge on any atom is -0.484 e. The Morgan fingerprint density at radius 1 is 1.26 bits per heavy atom. The highest BCUT2D eigenvalue weighted by Gasteiger charge is 2.31. The molecule has 1 fully saturated rings. The number of nitrogens with zero attached hydrogens (tertiary/aromatic N) is 1. The number of para-hydroxylation sites is 1. The number of carbonyl (C=O) groups excluding carboxylic acids is 2. The standard InChI is InChI=1S/C20H28N2O5/c1-14(2)11-17(20(25)26)21-19(24)15-7-6-10-22(12-15)18(23)13-27-16-8-4-3-5-9-16/h3-5,8-9,14-15,17H,6-7,10-13H2,1-2H3,(H,21,24)(H,25,26)/t15?,17-/m0/s1. The fourth-order valence-corrected chi connectivity index (χ4v) is 3.15. The van der Waals surface area contributed by atoms with Crippen LogP contribution in [-0.4, -0.2) is 53.5 Å². The monoisotopic (exact) mass is 376 g/mol. The van der Waals surface area contributed by atoms with Crippen molar-refractivity contribution in [1.82, 2.24) is 10.2 Å². The molecule has 2 rings (SSSR count). The predicted octanol–water partition coefficient (Wildman–Crippen LogP) is 1.92. The predicted molar refractivity (Wildman–Crippen MR) is 100 cm³/mol. The summed E-state index contributed by atoms with van der Waals surface area (Å²) in [7, 11) is 0. The molecule has 1 aromatic carbocycles. The van der Waals surface area contributed by atoms with E-state index in [2.05, 4.69) is 5.32 Å². The lowest BCUT2D eigenvalue weighted by Crippen LogP contribution is -2.50. The van der Waals surface area contributed by atoms with E-state index < -0.39 is 17.9 Å². The molecule has 2 atom stereocenters. The molecule has 1 aliphatic rings. The highest BCUT2D eigenvalue weighted by atomic mass is 16.5. The molecule has 2 amide bonds. The van der Waals surface area contributed by atoms with Crippen molar-refractivity contribution in [3.8, 4) is 5.75 Å². The molecule has 1 heterocycles. The molecule has 7 heteroatoms. The smallest absolute Gasteiger partial charge is 0.326 e. The number of amides is 2. The van der Waals surface area contributed by atoms with Gasteiger partial charge in [-0.1, -0.05) is 32.0 Å². The normalized spacial score (nSPS) is 18.0. The highest BCUT2D eigenvalue weighted by molar-refractivity contribution is 5.86. The summed E-state index contributed by atoms with van der Waals surface area (Å²) in [5, 5.41) is 11.9. The van der Waals surface area contributed by atoms with Crippen LogP contribution in [0.15, 0.2) is 30.3 Å². The topological polar surface area (TPSA) is 95.9 Å². The molecular weight excluding hydrogens is 348 g/mol. The zero-order valence-electron chi connectivity index (χ0n) is 15.9. The summed E-state index contributed by atoms with van der Waals surface area (Å²) >= 11 is 0. The summed E-state index contributed by atoms with van der Waals surface area (Å²) in [6.07, 6.45) is 1.72. The average molecular weight is 376 g/mol. The number of rotatable bonds is 8. The average Bonchev–Trinajstić information content (AvgIpc) is 2.66. The van der Waals surface area contributed by atoms with E-state index in [4.69, 9.17) is 4.74 Å². The third kappa shape index (κ3) is 6.58. The van der Waals surface area contributed by atoms with Gasteiger partial charge in [-0.3, -0.25) is 9.59 Å². The van der Waals surface area contributed by atoms with Gasteiger partial charge in [-0.25, -0.2) is 4.79 Å². The molecule has 0 spiro atoms. The van der Waals surface area contributed by atoms with Gasteiger partial charge in [0.25, 0.3) is 5.91 Å². The maximum absolute atomic E-state index is 12.5. The van der Waals surface area contributed by atoms with Crippen LogP contribution in [0, 0.1) is 11.8 Å². The second-order valence-electron chi connectivity index (χ2n) is 7.31. The summed E-state index contributed by atoms with van der Waals surface area (Å²) in [6.45, 7) is 4.61. The number of nitrogens with one attached hydrogen (secondary N) is 1. The molecule has 1 aliphatic heterocycles. The molecule has 0 aromatic heterocycles. The van der Waals surface area contributed by atoms with E-state index >= 15 is 0 Å². The third-order valence-electron chi connectivity index (χ3n) is 4.57. The van der Waals surface area contributed by atoms with Crippen molar-refractivity contribution in [1.29, 1.82) is 0 Å². The SMILES string of the molecule is CC(C)C[C@H](NC(=O)C1CCCN(C(=O)COc2ccccc2)C1)C(=O)O. The van der Waals surface area contributed by atoms with Gasteiger partial charge in [-0.2, -0.15) is 0 Å². The van der Waals surface area contributed by atoms with Gasteiger partial charge in [0.1, 0.15) is 11.8 Å². The molecule has 2 N–H and O–H groups in total. The van der Waals surface area contributed by atoms with E-state index in [0.29, 0.717) is 31.6 Å². The van der Waals surface area contributed by atoms with Crippen LogP contribution in [-0.2, 0) is 14.4 Å². The van der Waals surface area contributed by atoms with Crippen LogP contribution in [0.3, 0.4) is 0 Å². The number of likely N-dealkylation sites (tertiary alicyclic amines) is 1. The summed E-state index contributed by atoms with van der Waals surface area (Å²) in [5.41, 5.74) is 0. The van der Waals surface area contributed by atoms with Crippen LogP contribution in [0.1, 0.15) is 33.1 Å². The number of carbonyl (C=O) groups is 3. The third-order valence-corrected chi connectivity index (χ3v) is 4.57. The summed E-state index contributed by atoms with van der Waals surface area (Å²) < 4.78 is 5.49. The Bertz CT molecular complexity index is 647. The molecule has 27 heavy (non-hydrogen) atoms. The minimum absolute atomic E-state index is 0.0799. The second kappa shape index (κ2) is 9.94. The molecule has 148 valence electrons. The van der Waals surface area contributed by atoms with Gasteiger partial charge in [0, 0.05) is 13.1 Å². The fourth-order valence-electron chi connectivity index (χ4n) is 3.15. The highest BCUT2D eigenvalue weighted by Crippen LogP contribution is 2.18. The number of piperidine rings is 1. The molecule has 0 saturated carbocycles. The lowest BCUT2D eigenvalue weighted by atomic mass is 9.96. The molecule has 7 nitrogen and oxygen atoms in total. The molecule has 0 bridgehead atoms. The molecule has 1 aromatic rings. The zero-order chi connectivity index (χ0) is 19.8. The number of benzene rings is 1. The van der Waals surface area contributed by atoms with Crippen molar-refractivity contribution in [2.75, 3.05) is 19.7 Å². The van der Waals surface area contributed by atoms with Crippen LogP contribution in [0.5, 0.6) is 5.75 Å². The summed E-state index contributed by atoms with van der Waals surface area (Å²) in [5.74, 6) is -1.12. The number of ether oxygens (including phenoxy) is 1. The van der Waals surface area contributed by atoms with Crippen molar-refractivity contribution < 1.29 is 24.2 Å². The van der Waals surface area contributed by atoms with E-state index in [0.717, 1.165) is 0 Å². The number of hydrogen-bond donors (Lipinski definition) is 2. The van der Waals surface area contributed by atoms with Gasteiger partial charge >= 0.3 is 5.97 Å². The van der Waals surface area contributed by atoms with Crippen LogP contribution < -0.4 is 10.1 Å². The van der Waals surface area contributed by atoms with Gasteiger partial charge in [0.15, 0.2) is 6.61 Å². The van der Waals surface area contributed by atoms with Crippen LogP contribution >= 0.6 is 0 Å². The number of hydrogen-bond acceptors (Lipinski definition) is 4. The number of carboxylic acids is 1. The molecule has 0 radical (unpaired) electrons. The number of aliphatic carboxylic acids is 1. The van der Waals surface area contributed by atoms with Gasteiger partial charge in [-0.05, 0) is 37.3 Å². The van der Waals surface area contributed by atoms with Crippen molar-refractivity contribution >= 4 is 17.8 Å². The summed E-state index contributed by atoms with van der Waals surface area (Å²) in [4.78, 5) is 37.9. The maximum atomic E-state index is 12.5. The Labute approximate surface area is 159 Å². The van der Waals surface area contributed by atoms with Gasteiger partial charge in [0.2, 0.25) is 5.91 Å². The lowest BCUT2D eigenvalue weighted by Gasteiger charge is -2.32. The molecule has 1 saturated heterocycles. The first-order valence-corrected chi connectivity index (χ1v) is 9.35.